The highest BCUT2D eigenvalue weighted by Crippen LogP contribution is 2.24. The molecular weight excluding hydrogens is 266 g/mol. The molecule has 0 aliphatic rings. The van der Waals surface area contributed by atoms with Gasteiger partial charge in [-0.25, -0.2) is 0 Å². The summed E-state index contributed by atoms with van der Waals surface area (Å²) >= 11 is 3.43. The van der Waals surface area contributed by atoms with Crippen molar-refractivity contribution in [2.75, 3.05) is 6.61 Å². The monoisotopic (exact) mass is 275 g/mol. The number of rotatable bonds is 3. The van der Waals surface area contributed by atoms with Crippen molar-refractivity contribution in [2.45, 2.75) is 6.42 Å². The van der Waals surface area contributed by atoms with Crippen LogP contribution < -0.4 is 4.74 Å². The summed E-state index contributed by atoms with van der Waals surface area (Å²) in [6.45, 7) is 0.443. The van der Waals surface area contributed by atoms with Gasteiger partial charge in [-0.3, -0.25) is 0 Å². The molecule has 80 valence electrons. The van der Waals surface area contributed by atoms with Gasteiger partial charge in [0.2, 0.25) is 0 Å². The molecule has 0 atom stereocenters. The third-order valence-corrected chi connectivity index (χ3v) is 2.75. The molecule has 0 aromatic heterocycles. The lowest BCUT2D eigenvalue weighted by Gasteiger charge is -2.05. The van der Waals surface area contributed by atoms with Crippen molar-refractivity contribution in [2.24, 2.45) is 0 Å². The molecule has 16 heavy (non-hydrogen) atoms. The van der Waals surface area contributed by atoms with E-state index in [4.69, 9.17) is 10.00 Å². The van der Waals surface area contributed by atoms with E-state index in [0.717, 1.165) is 15.6 Å². The summed E-state index contributed by atoms with van der Waals surface area (Å²) in [5.41, 5.74) is 0. The summed E-state index contributed by atoms with van der Waals surface area (Å²) in [6, 6.07) is 14.1. The number of fused-ring (bicyclic) bond motifs is 1. The van der Waals surface area contributed by atoms with Crippen LogP contribution in [0.4, 0.5) is 0 Å². The zero-order valence-electron chi connectivity index (χ0n) is 8.61. The molecule has 0 N–H and O–H groups in total. The van der Waals surface area contributed by atoms with E-state index < -0.39 is 0 Å². The van der Waals surface area contributed by atoms with Gasteiger partial charge in [-0.05, 0) is 35.0 Å². The molecule has 0 heterocycles. The molecule has 0 saturated carbocycles. The molecule has 0 amide bonds. The third-order valence-electron chi connectivity index (χ3n) is 2.26. The topological polar surface area (TPSA) is 33.0 Å². The number of hydrogen-bond acceptors (Lipinski definition) is 2. The normalized spacial score (nSPS) is 10.0. The van der Waals surface area contributed by atoms with Crippen LogP contribution in [-0.4, -0.2) is 6.61 Å². The molecule has 2 nitrogen and oxygen atoms in total. The van der Waals surface area contributed by atoms with Gasteiger partial charge < -0.3 is 4.74 Å². The van der Waals surface area contributed by atoms with Gasteiger partial charge in [0.15, 0.2) is 0 Å². The van der Waals surface area contributed by atoms with Gasteiger partial charge in [-0.1, -0.05) is 28.1 Å². The lowest BCUT2D eigenvalue weighted by atomic mass is 10.1. The fourth-order valence-corrected chi connectivity index (χ4v) is 1.88. The lowest BCUT2D eigenvalue weighted by Crippen LogP contribution is -1.95. The molecule has 0 saturated heterocycles. The van der Waals surface area contributed by atoms with Crippen molar-refractivity contribution in [3.05, 3.63) is 40.9 Å². The van der Waals surface area contributed by atoms with Gasteiger partial charge in [0, 0.05) is 4.47 Å². The van der Waals surface area contributed by atoms with Crippen molar-refractivity contribution in [3.63, 3.8) is 0 Å². The number of hydrogen-bond donors (Lipinski definition) is 0. The Morgan fingerprint density at radius 3 is 2.69 bits per heavy atom. The molecule has 0 radical (unpaired) electrons. The van der Waals surface area contributed by atoms with Crippen molar-refractivity contribution < 1.29 is 4.74 Å². The smallest absolute Gasteiger partial charge is 0.119 e. The molecule has 2 aromatic rings. The second-order valence-electron chi connectivity index (χ2n) is 3.41. The molecule has 2 aromatic carbocycles. The molecule has 0 aliphatic carbocycles. The standard InChI is InChI=1S/C13H10BrNO/c14-12-4-2-11-9-13(16-7-1-6-15)5-3-10(11)8-12/h2-5,8-9H,1,7H2. The maximum Gasteiger partial charge on any atom is 0.119 e. The minimum absolute atomic E-state index is 0.415. The van der Waals surface area contributed by atoms with Crippen molar-refractivity contribution in [3.8, 4) is 11.8 Å². The molecule has 0 fully saturated rings. The molecule has 0 unspecified atom stereocenters. The first kappa shape index (κ1) is 11.0. The Kier molecular flexibility index (Phi) is 3.43. The third kappa shape index (κ3) is 2.53. The largest absolute Gasteiger partial charge is 0.493 e. The van der Waals surface area contributed by atoms with Crippen LogP contribution in [0, 0.1) is 11.3 Å². The van der Waals surface area contributed by atoms with Crippen LogP contribution in [0.3, 0.4) is 0 Å². The van der Waals surface area contributed by atoms with Crippen molar-refractivity contribution in [1.29, 1.82) is 5.26 Å². The molecule has 2 rings (SSSR count). The minimum atomic E-state index is 0.415. The second-order valence-corrected chi connectivity index (χ2v) is 4.33. The van der Waals surface area contributed by atoms with Crippen LogP contribution in [0.2, 0.25) is 0 Å². The predicted octanol–water partition coefficient (Wildman–Crippen LogP) is 3.89. The van der Waals surface area contributed by atoms with E-state index in [0.29, 0.717) is 13.0 Å². The van der Waals surface area contributed by atoms with Crippen LogP contribution in [-0.2, 0) is 0 Å². The van der Waals surface area contributed by atoms with Crippen LogP contribution >= 0.6 is 15.9 Å². The fourth-order valence-electron chi connectivity index (χ4n) is 1.50. The van der Waals surface area contributed by atoms with E-state index in [2.05, 4.69) is 28.1 Å². The Balaban J connectivity index is 2.24. The van der Waals surface area contributed by atoms with Gasteiger partial charge in [-0.2, -0.15) is 5.26 Å². The predicted molar refractivity (Wildman–Crippen MR) is 67.4 cm³/mol. The molecule has 0 bridgehead atoms. The molecule has 0 aliphatic heterocycles. The average molecular weight is 276 g/mol. The lowest BCUT2D eigenvalue weighted by molar-refractivity contribution is 0.327. The average Bonchev–Trinajstić information content (AvgIpc) is 2.29. The quantitative estimate of drug-likeness (QED) is 0.796. The maximum atomic E-state index is 8.41. The number of halogens is 1. The van der Waals surface area contributed by atoms with Crippen LogP contribution in [0.25, 0.3) is 10.8 Å². The molecule has 3 heteroatoms. The Hall–Kier alpha value is -1.53. The summed E-state index contributed by atoms with van der Waals surface area (Å²) in [5, 5.41) is 10.7. The first-order valence-electron chi connectivity index (χ1n) is 4.99. The maximum absolute atomic E-state index is 8.41. The van der Waals surface area contributed by atoms with E-state index in [-0.39, 0.29) is 0 Å². The van der Waals surface area contributed by atoms with Crippen molar-refractivity contribution in [1.82, 2.24) is 0 Å². The van der Waals surface area contributed by atoms with Gasteiger partial charge >= 0.3 is 0 Å². The van der Waals surface area contributed by atoms with Crippen molar-refractivity contribution >= 4 is 26.7 Å². The summed E-state index contributed by atoms with van der Waals surface area (Å²) in [6.07, 6.45) is 0.415. The Labute approximate surface area is 103 Å². The SMILES string of the molecule is N#CCCOc1ccc2cc(Br)ccc2c1. The van der Waals surface area contributed by atoms with E-state index in [1.54, 1.807) is 0 Å². The zero-order valence-corrected chi connectivity index (χ0v) is 10.2. The number of nitriles is 1. The van der Waals surface area contributed by atoms with Crippen LogP contribution in [0.5, 0.6) is 5.75 Å². The second kappa shape index (κ2) is 5.00. The Morgan fingerprint density at radius 2 is 1.88 bits per heavy atom. The molecule has 0 spiro atoms. The Morgan fingerprint density at radius 1 is 1.12 bits per heavy atom. The van der Waals surface area contributed by atoms with Gasteiger partial charge in [0.1, 0.15) is 12.4 Å². The summed E-state index contributed by atoms with van der Waals surface area (Å²) in [4.78, 5) is 0. The van der Waals surface area contributed by atoms with Crippen LogP contribution in [0.1, 0.15) is 6.42 Å². The highest BCUT2D eigenvalue weighted by molar-refractivity contribution is 9.10. The highest BCUT2D eigenvalue weighted by atomic mass is 79.9. The number of benzene rings is 2. The highest BCUT2D eigenvalue weighted by Gasteiger charge is 1.98. The van der Waals surface area contributed by atoms with Gasteiger partial charge in [0.05, 0.1) is 12.5 Å². The van der Waals surface area contributed by atoms with E-state index in [9.17, 15) is 0 Å². The number of ether oxygens (including phenoxy) is 1. The van der Waals surface area contributed by atoms with Crippen LogP contribution in [0.15, 0.2) is 40.9 Å². The van der Waals surface area contributed by atoms with Gasteiger partial charge in [0.25, 0.3) is 0 Å². The number of nitrogens with zero attached hydrogens (tertiary/aromatic N) is 1. The first-order chi connectivity index (χ1) is 7.79. The molecular formula is C13H10BrNO. The summed E-state index contributed by atoms with van der Waals surface area (Å²) < 4.78 is 6.52. The summed E-state index contributed by atoms with van der Waals surface area (Å²) in [7, 11) is 0. The summed E-state index contributed by atoms with van der Waals surface area (Å²) in [5.74, 6) is 0.810. The minimum Gasteiger partial charge on any atom is -0.493 e. The fraction of sp³-hybridized carbons (Fsp3) is 0.154. The first-order valence-corrected chi connectivity index (χ1v) is 5.78. The van der Waals surface area contributed by atoms with E-state index in [1.807, 2.05) is 30.3 Å². The van der Waals surface area contributed by atoms with E-state index >= 15 is 0 Å². The van der Waals surface area contributed by atoms with Gasteiger partial charge in [-0.15, -0.1) is 0 Å². The Bertz CT molecular complexity index is 545. The van der Waals surface area contributed by atoms with E-state index in [1.165, 1.54) is 5.39 Å². The zero-order chi connectivity index (χ0) is 11.4.